The van der Waals surface area contributed by atoms with Gasteiger partial charge in [-0.05, 0) is 43.8 Å². The number of hydrogen-bond donors (Lipinski definition) is 1. The van der Waals surface area contributed by atoms with E-state index in [4.69, 9.17) is 5.11 Å². The van der Waals surface area contributed by atoms with Crippen LogP contribution < -0.4 is 0 Å². The molecule has 0 bridgehead atoms. The minimum absolute atomic E-state index is 0.314. The van der Waals surface area contributed by atoms with Crippen LogP contribution in [0.1, 0.15) is 24.8 Å². The zero-order valence-corrected chi connectivity index (χ0v) is 14.4. The number of rotatable bonds is 5. The molecule has 3 heterocycles. The second kappa shape index (κ2) is 7.33. The molecular formula is C20H24N4O. The lowest BCUT2D eigenvalue weighted by Gasteiger charge is -2.31. The van der Waals surface area contributed by atoms with Gasteiger partial charge in [0.2, 0.25) is 0 Å². The lowest BCUT2D eigenvalue weighted by Crippen LogP contribution is -2.33. The van der Waals surface area contributed by atoms with Crippen LogP contribution in [0.4, 0.5) is 0 Å². The molecule has 0 radical (unpaired) electrons. The summed E-state index contributed by atoms with van der Waals surface area (Å²) in [5.41, 5.74) is 4.30. The number of fused-ring (bicyclic) bond motifs is 1. The van der Waals surface area contributed by atoms with E-state index < -0.39 is 0 Å². The van der Waals surface area contributed by atoms with Gasteiger partial charge >= 0.3 is 0 Å². The van der Waals surface area contributed by atoms with E-state index in [0.29, 0.717) is 12.5 Å². The van der Waals surface area contributed by atoms with E-state index in [1.165, 1.54) is 18.4 Å². The Hall–Kier alpha value is -2.24. The average molecular weight is 336 g/mol. The molecule has 1 aliphatic heterocycles. The summed E-state index contributed by atoms with van der Waals surface area (Å²) < 4.78 is 1.89. The highest BCUT2D eigenvalue weighted by molar-refractivity contribution is 5.76. The molecule has 1 aromatic carbocycles. The van der Waals surface area contributed by atoms with Crippen molar-refractivity contribution in [2.45, 2.75) is 25.8 Å². The summed E-state index contributed by atoms with van der Waals surface area (Å²) in [6.45, 7) is 3.41. The number of nitrogens with zero attached hydrogens (tertiary/aromatic N) is 4. The normalized spacial score (nSPS) is 16.5. The summed E-state index contributed by atoms with van der Waals surface area (Å²) in [5, 5.41) is 13.6. The first-order valence-corrected chi connectivity index (χ1v) is 9.04. The number of piperidine rings is 1. The predicted molar refractivity (Wildman–Crippen MR) is 98.1 cm³/mol. The molecule has 0 atom stereocenters. The number of aromatic nitrogens is 3. The Morgan fingerprint density at radius 3 is 2.64 bits per heavy atom. The zero-order valence-electron chi connectivity index (χ0n) is 14.4. The maximum atomic E-state index is 9.07. The Bertz CT molecular complexity index is 822. The van der Waals surface area contributed by atoms with Crippen LogP contribution in [0.3, 0.4) is 0 Å². The lowest BCUT2D eigenvalue weighted by molar-refractivity contribution is 0.153. The van der Waals surface area contributed by atoms with E-state index in [1.54, 1.807) is 0 Å². The fourth-order valence-electron chi connectivity index (χ4n) is 3.69. The monoisotopic (exact) mass is 336 g/mol. The largest absolute Gasteiger partial charge is 0.396 e. The Labute approximate surface area is 147 Å². The summed E-state index contributed by atoms with van der Waals surface area (Å²) in [6, 6.07) is 10.3. The minimum Gasteiger partial charge on any atom is -0.396 e. The Kier molecular flexibility index (Phi) is 4.76. The molecule has 5 nitrogen and oxygen atoms in total. The Balaban J connectivity index is 1.48. The van der Waals surface area contributed by atoms with E-state index in [-0.39, 0.29) is 0 Å². The van der Waals surface area contributed by atoms with Gasteiger partial charge < -0.3 is 5.11 Å². The molecule has 1 N–H and O–H groups in total. The van der Waals surface area contributed by atoms with Gasteiger partial charge in [-0.1, -0.05) is 30.3 Å². The van der Waals surface area contributed by atoms with Gasteiger partial charge in [0.25, 0.3) is 0 Å². The van der Waals surface area contributed by atoms with Crippen molar-refractivity contribution in [2.75, 3.05) is 19.7 Å². The molecular weight excluding hydrogens is 312 g/mol. The van der Waals surface area contributed by atoms with E-state index in [0.717, 1.165) is 42.8 Å². The van der Waals surface area contributed by atoms with Gasteiger partial charge in [-0.15, -0.1) is 0 Å². The van der Waals surface area contributed by atoms with Crippen LogP contribution in [0.15, 0.2) is 48.9 Å². The average Bonchev–Trinajstić information content (AvgIpc) is 3.07. The molecule has 0 spiro atoms. The molecule has 1 fully saturated rings. The van der Waals surface area contributed by atoms with Crippen molar-refractivity contribution < 1.29 is 5.11 Å². The van der Waals surface area contributed by atoms with Crippen molar-refractivity contribution in [1.29, 1.82) is 0 Å². The van der Waals surface area contributed by atoms with Crippen LogP contribution >= 0.6 is 0 Å². The first-order chi connectivity index (χ1) is 12.3. The standard InChI is InChI=1S/C20H24N4O/c25-11-8-16-6-9-23(10-7-16)14-17-12-21-20-19(13-22-24(20)15-17)18-4-2-1-3-5-18/h1-5,12-13,15-16,25H,6-11,14H2. The molecule has 0 unspecified atom stereocenters. The van der Waals surface area contributed by atoms with Crippen molar-refractivity contribution in [2.24, 2.45) is 5.92 Å². The maximum absolute atomic E-state index is 9.07. The molecule has 0 saturated carbocycles. The third-order valence-electron chi connectivity index (χ3n) is 5.15. The van der Waals surface area contributed by atoms with Gasteiger partial charge in [-0.25, -0.2) is 9.50 Å². The van der Waals surface area contributed by atoms with Crippen LogP contribution in [0.2, 0.25) is 0 Å². The van der Waals surface area contributed by atoms with E-state index >= 15 is 0 Å². The summed E-state index contributed by atoms with van der Waals surface area (Å²) in [6.07, 6.45) is 9.25. The summed E-state index contributed by atoms with van der Waals surface area (Å²) in [7, 11) is 0. The molecule has 5 heteroatoms. The Morgan fingerprint density at radius 2 is 1.88 bits per heavy atom. The van der Waals surface area contributed by atoms with Crippen molar-refractivity contribution in [3.05, 3.63) is 54.5 Å². The summed E-state index contributed by atoms with van der Waals surface area (Å²) in [5.74, 6) is 0.682. The second-order valence-corrected chi connectivity index (χ2v) is 6.89. The third kappa shape index (κ3) is 3.57. The predicted octanol–water partition coefficient (Wildman–Crippen LogP) is 2.99. The molecule has 4 rings (SSSR count). The Morgan fingerprint density at radius 1 is 1.08 bits per heavy atom. The third-order valence-corrected chi connectivity index (χ3v) is 5.15. The summed E-state index contributed by atoms with van der Waals surface area (Å²) in [4.78, 5) is 7.14. The molecule has 130 valence electrons. The number of benzene rings is 1. The molecule has 3 aromatic rings. The SMILES string of the molecule is OCCC1CCN(Cc2cnc3c(-c4ccccc4)cnn3c2)CC1. The van der Waals surface area contributed by atoms with Gasteiger partial charge in [0.05, 0.1) is 6.20 Å². The van der Waals surface area contributed by atoms with Crippen LogP contribution in [-0.4, -0.2) is 44.3 Å². The first-order valence-electron chi connectivity index (χ1n) is 9.04. The van der Waals surface area contributed by atoms with Gasteiger partial charge in [0.1, 0.15) is 0 Å². The van der Waals surface area contributed by atoms with Crippen molar-refractivity contribution in [1.82, 2.24) is 19.5 Å². The van der Waals surface area contributed by atoms with E-state index in [9.17, 15) is 0 Å². The van der Waals surface area contributed by atoms with Crippen molar-refractivity contribution >= 4 is 5.65 Å². The molecule has 0 amide bonds. The molecule has 25 heavy (non-hydrogen) atoms. The smallest absolute Gasteiger partial charge is 0.162 e. The highest BCUT2D eigenvalue weighted by Crippen LogP contribution is 2.24. The fourth-order valence-corrected chi connectivity index (χ4v) is 3.69. The quantitative estimate of drug-likeness (QED) is 0.778. The molecule has 1 saturated heterocycles. The number of aliphatic hydroxyl groups excluding tert-OH is 1. The summed E-state index contributed by atoms with van der Waals surface area (Å²) >= 11 is 0. The highest BCUT2D eigenvalue weighted by Gasteiger charge is 2.19. The fraction of sp³-hybridized carbons (Fsp3) is 0.400. The van der Waals surface area contributed by atoms with Crippen molar-refractivity contribution in [3.63, 3.8) is 0 Å². The van der Waals surface area contributed by atoms with Crippen LogP contribution in [0.5, 0.6) is 0 Å². The topological polar surface area (TPSA) is 53.7 Å². The second-order valence-electron chi connectivity index (χ2n) is 6.89. The van der Waals surface area contributed by atoms with Gasteiger partial charge in [-0.3, -0.25) is 4.90 Å². The lowest BCUT2D eigenvalue weighted by atomic mass is 9.94. The van der Waals surface area contributed by atoms with Crippen LogP contribution in [0.25, 0.3) is 16.8 Å². The molecule has 2 aromatic heterocycles. The van der Waals surface area contributed by atoms with Gasteiger partial charge in [0.15, 0.2) is 5.65 Å². The zero-order chi connectivity index (χ0) is 17.1. The number of aliphatic hydroxyl groups is 1. The maximum Gasteiger partial charge on any atom is 0.162 e. The first kappa shape index (κ1) is 16.2. The number of likely N-dealkylation sites (tertiary alicyclic amines) is 1. The number of hydrogen-bond acceptors (Lipinski definition) is 4. The van der Waals surface area contributed by atoms with Gasteiger partial charge in [0, 0.05) is 36.7 Å². The molecule has 1 aliphatic rings. The van der Waals surface area contributed by atoms with E-state index in [1.807, 2.05) is 35.1 Å². The van der Waals surface area contributed by atoms with Crippen LogP contribution in [-0.2, 0) is 6.54 Å². The van der Waals surface area contributed by atoms with E-state index in [2.05, 4.69) is 33.3 Å². The van der Waals surface area contributed by atoms with Crippen LogP contribution in [0, 0.1) is 5.92 Å². The highest BCUT2D eigenvalue weighted by atomic mass is 16.3. The minimum atomic E-state index is 0.314. The molecule has 0 aliphatic carbocycles. The van der Waals surface area contributed by atoms with Gasteiger partial charge in [-0.2, -0.15) is 5.10 Å². The van der Waals surface area contributed by atoms with Crippen molar-refractivity contribution in [3.8, 4) is 11.1 Å².